The molecule has 0 aliphatic carbocycles. The van der Waals surface area contributed by atoms with E-state index in [-0.39, 0.29) is 39.9 Å². The molecule has 8 nitrogen and oxygen atoms in total. The number of fused-ring (bicyclic) bond motifs is 3. The smallest absolute Gasteiger partial charge is 0.413 e. The minimum atomic E-state index is -0.563. The van der Waals surface area contributed by atoms with E-state index in [1.807, 2.05) is 38.1 Å². The van der Waals surface area contributed by atoms with E-state index in [1.54, 1.807) is 13.0 Å². The summed E-state index contributed by atoms with van der Waals surface area (Å²) in [6.07, 6.45) is 1.00. The number of nitrogens with one attached hydrogen (secondary N) is 1. The Bertz CT molecular complexity index is 1220. The van der Waals surface area contributed by atoms with Gasteiger partial charge in [0, 0.05) is 23.5 Å². The fourth-order valence-corrected chi connectivity index (χ4v) is 4.54. The number of amides is 2. The van der Waals surface area contributed by atoms with Gasteiger partial charge in [0.2, 0.25) is 0 Å². The lowest BCUT2D eigenvalue weighted by Gasteiger charge is -2.34. The summed E-state index contributed by atoms with van der Waals surface area (Å²) < 4.78 is 6.57. The molecule has 31 heavy (non-hydrogen) atoms. The molecule has 4 atom stereocenters. The number of aromatic nitrogens is 3. The van der Waals surface area contributed by atoms with Crippen molar-refractivity contribution in [2.75, 3.05) is 6.54 Å². The molecule has 0 radical (unpaired) electrons. The number of benzene rings is 1. The Labute approximate surface area is 185 Å². The molecule has 1 aliphatic heterocycles. The van der Waals surface area contributed by atoms with Crippen LogP contribution in [0.1, 0.15) is 39.3 Å². The summed E-state index contributed by atoms with van der Waals surface area (Å²) in [7, 11) is 0. The van der Waals surface area contributed by atoms with Gasteiger partial charge in [-0.1, -0.05) is 25.1 Å². The molecule has 1 N–H and O–H groups in total. The van der Waals surface area contributed by atoms with E-state index in [0.29, 0.717) is 23.3 Å². The van der Waals surface area contributed by atoms with Crippen LogP contribution >= 0.6 is 12.6 Å². The summed E-state index contributed by atoms with van der Waals surface area (Å²) in [4.78, 5) is 41.6. The van der Waals surface area contributed by atoms with Gasteiger partial charge in [0.25, 0.3) is 0 Å². The highest BCUT2D eigenvalue weighted by molar-refractivity contribution is 7.81. The zero-order chi connectivity index (χ0) is 22.3. The van der Waals surface area contributed by atoms with Gasteiger partial charge in [-0.15, -0.1) is 0 Å². The van der Waals surface area contributed by atoms with Crippen molar-refractivity contribution < 1.29 is 18.8 Å². The first-order valence-electron chi connectivity index (χ1n) is 10.5. The number of para-hydroxylation sites is 1. The number of hydrogen-bond donors (Lipinski definition) is 2. The summed E-state index contributed by atoms with van der Waals surface area (Å²) >= 11 is 4.41. The fraction of sp³-hybridized carbons (Fsp3) is 0.455. The summed E-state index contributed by atoms with van der Waals surface area (Å²) in [6, 6.07) is 9.03. The van der Waals surface area contributed by atoms with Crippen molar-refractivity contribution in [3.63, 3.8) is 0 Å². The molecule has 9 heteroatoms. The standard InChI is InChI=1S/C22H26N4O4S/c1-13-7-6-10-26(13,20(27)14(2)15(3)31)22(29)30-12-16-11-19-17-8-4-5-9-18(17)23-21(28)25(19)24-16/h4-5,8-9,11,13-15H,6-7,10,12H2,1-3H3,(H-,23,28,31)/p+1/t13?,14?,15?,26-/m0/s1. The van der Waals surface area contributed by atoms with Crippen molar-refractivity contribution in [3.8, 4) is 0 Å². The first kappa shape index (κ1) is 21.6. The molecule has 1 aliphatic rings. The third-order valence-corrected chi connectivity index (χ3v) is 6.91. The molecule has 3 aromatic rings. The van der Waals surface area contributed by atoms with E-state index in [9.17, 15) is 14.4 Å². The Hall–Kier alpha value is -2.65. The van der Waals surface area contributed by atoms with Gasteiger partial charge < -0.3 is 9.72 Å². The van der Waals surface area contributed by atoms with Crippen molar-refractivity contribution >= 4 is 41.0 Å². The summed E-state index contributed by atoms with van der Waals surface area (Å²) in [6.45, 7) is 5.89. The molecule has 4 rings (SSSR count). The predicted molar refractivity (Wildman–Crippen MR) is 120 cm³/mol. The second kappa shape index (κ2) is 8.12. The van der Waals surface area contributed by atoms with E-state index >= 15 is 0 Å². The Morgan fingerprint density at radius 3 is 2.77 bits per heavy atom. The SMILES string of the molecule is CC(S)C(C)C(=O)[N@+]1(C(=O)OCc2cc3c4ccccc4[nH]c(=O)n3n2)CCCC1C. The van der Waals surface area contributed by atoms with Crippen LogP contribution in [-0.4, -0.2) is 48.9 Å². The van der Waals surface area contributed by atoms with Crippen molar-refractivity contribution in [1.82, 2.24) is 14.6 Å². The summed E-state index contributed by atoms with van der Waals surface area (Å²) in [5.74, 6) is -0.536. The van der Waals surface area contributed by atoms with Crippen LogP contribution in [-0.2, 0) is 16.1 Å². The minimum Gasteiger partial charge on any atom is -0.413 e. The van der Waals surface area contributed by atoms with Crippen LogP contribution in [0, 0.1) is 5.92 Å². The number of thiol groups is 1. The number of imide groups is 1. The predicted octanol–water partition coefficient (Wildman–Crippen LogP) is 3.29. The lowest BCUT2D eigenvalue weighted by Crippen LogP contribution is -2.61. The quantitative estimate of drug-likeness (QED) is 0.477. The molecule has 1 fully saturated rings. The number of nitrogens with zero attached hydrogens (tertiary/aromatic N) is 3. The number of quaternary nitrogens is 1. The van der Waals surface area contributed by atoms with Gasteiger partial charge in [-0.05, 0) is 26.0 Å². The molecule has 1 saturated heterocycles. The van der Waals surface area contributed by atoms with Gasteiger partial charge in [-0.25, -0.2) is 9.59 Å². The van der Waals surface area contributed by atoms with Gasteiger partial charge in [-0.3, -0.25) is 0 Å². The average molecular weight is 444 g/mol. The third kappa shape index (κ3) is 3.55. The summed E-state index contributed by atoms with van der Waals surface area (Å²) in [5, 5.41) is 4.98. The molecule has 3 unspecified atom stereocenters. The lowest BCUT2D eigenvalue weighted by atomic mass is 10.0. The number of carbonyl (C=O) groups excluding carboxylic acids is 2. The van der Waals surface area contributed by atoms with Crippen LogP contribution in [0.4, 0.5) is 4.79 Å². The highest BCUT2D eigenvalue weighted by atomic mass is 32.1. The number of likely N-dealkylation sites (tertiary alicyclic amines) is 1. The average Bonchev–Trinajstić information content (AvgIpc) is 3.36. The molecule has 0 saturated carbocycles. The largest absolute Gasteiger partial charge is 0.524 e. The Balaban J connectivity index is 1.62. The van der Waals surface area contributed by atoms with Crippen LogP contribution < -0.4 is 5.69 Å². The maximum absolute atomic E-state index is 13.3. The minimum absolute atomic E-state index is 0.112. The Morgan fingerprint density at radius 2 is 2.10 bits per heavy atom. The number of rotatable bonds is 4. The monoisotopic (exact) mass is 443 g/mol. The van der Waals surface area contributed by atoms with Crippen LogP contribution in [0.5, 0.6) is 0 Å². The zero-order valence-electron chi connectivity index (χ0n) is 17.9. The highest BCUT2D eigenvalue weighted by Gasteiger charge is 2.55. The van der Waals surface area contributed by atoms with Gasteiger partial charge in [0.15, 0.2) is 0 Å². The van der Waals surface area contributed by atoms with E-state index in [1.165, 1.54) is 4.52 Å². The van der Waals surface area contributed by atoms with Crippen molar-refractivity contribution in [2.45, 2.75) is 51.5 Å². The topological polar surface area (TPSA) is 93.5 Å². The van der Waals surface area contributed by atoms with E-state index in [2.05, 4.69) is 22.7 Å². The number of aromatic amines is 1. The van der Waals surface area contributed by atoms with E-state index < -0.39 is 6.09 Å². The maximum Gasteiger partial charge on any atom is 0.524 e. The molecular weight excluding hydrogens is 416 g/mol. The normalized spacial score (nSPS) is 23.2. The van der Waals surface area contributed by atoms with E-state index in [0.717, 1.165) is 18.2 Å². The Kier molecular flexibility index (Phi) is 5.65. The molecule has 2 aromatic heterocycles. The first-order valence-corrected chi connectivity index (χ1v) is 11.0. The van der Waals surface area contributed by atoms with Gasteiger partial charge in [-0.2, -0.15) is 31.5 Å². The molecule has 164 valence electrons. The lowest BCUT2D eigenvalue weighted by molar-refractivity contribution is -0.794. The van der Waals surface area contributed by atoms with Gasteiger partial charge in [0.1, 0.15) is 18.3 Å². The molecule has 0 spiro atoms. The van der Waals surface area contributed by atoms with Crippen LogP contribution in [0.25, 0.3) is 16.4 Å². The van der Waals surface area contributed by atoms with Crippen LogP contribution in [0.3, 0.4) is 0 Å². The Morgan fingerprint density at radius 1 is 1.35 bits per heavy atom. The summed E-state index contributed by atoms with van der Waals surface area (Å²) in [5.41, 5.74) is 1.43. The maximum atomic E-state index is 13.3. The van der Waals surface area contributed by atoms with Crippen LogP contribution in [0.2, 0.25) is 0 Å². The first-order chi connectivity index (χ1) is 14.8. The molecule has 0 bridgehead atoms. The second-order valence-electron chi connectivity index (χ2n) is 8.41. The zero-order valence-corrected chi connectivity index (χ0v) is 18.8. The van der Waals surface area contributed by atoms with Crippen molar-refractivity contribution in [1.29, 1.82) is 0 Å². The van der Waals surface area contributed by atoms with Gasteiger partial charge in [0.05, 0.1) is 23.5 Å². The van der Waals surface area contributed by atoms with E-state index in [4.69, 9.17) is 4.74 Å². The molecular formula is C22H27N4O4S+. The number of H-pyrrole nitrogens is 1. The fourth-order valence-electron chi connectivity index (χ4n) is 4.42. The number of hydrogen-bond acceptors (Lipinski definition) is 6. The highest BCUT2D eigenvalue weighted by Crippen LogP contribution is 2.33. The molecule has 2 amide bonds. The third-order valence-electron chi connectivity index (χ3n) is 6.46. The molecule has 3 heterocycles. The molecule has 1 aromatic carbocycles. The number of carbonyl (C=O) groups is 2. The van der Waals surface area contributed by atoms with Crippen LogP contribution in [0.15, 0.2) is 35.1 Å². The second-order valence-corrected chi connectivity index (χ2v) is 9.23. The van der Waals surface area contributed by atoms with Crippen molar-refractivity contribution in [2.24, 2.45) is 5.92 Å². The number of ether oxygens (including phenoxy) is 1. The van der Waals surface area contributed by atoms with Crippen molar-refractivity contribution in [3.05, 3.63) is 46.5 Å². The van der Waals surface area contributed by atoms with Gasteiger partial charge >= 0.3 is 17.7 Å².